The van der Waals surface area contributed by atoms with Crippen LogP contribution in [0.25, 0.3) is 5.69 Å². The molecule has 0 radical (unpaired) electrons. The smallest absolute Gasteiger partial charge is 0.257 e. The van der Waals surface area contributed by atoms with Crippen molar-refractivity contribution in [3.05, 3.63) is 47.2 Å². The van der Waals surface area contributed by atoms with Crippen LogP contribution in [-0.2, 0) is 10.0 Å². The molecule has 1 aliphatic heterocycles. The fraction of sp³-hybridized carbons (Fsp3) is 0.389. The van der Waals surface area contributed by atoms with E-state index in [1.54, 1.807) is 17.0 Å². The summed E-state index contributed by atoms with van der Waals surface area (Å²) in [5.41, 5.74) is 1.07. The van der Waals surface area contributed by atoms with E-state index in [4.69, 9.17) is 16.3 Å². The van der Waals surface area contributed by atoms with Crippen LogP contribution >= 0.6 is 11.6 Å². The number of carbonyl (C=O) groups excluding carboxylic acids is 1. The summed E-state index contributed by atoms with van der Waals surface area (Å²) >= 11 is 6.41. The second kappa shape index (κ2) is 7.92. The number of sulfonamides is 1. The van der Waals surface area contributed by atoms with Gasteiger partial charge in [-0.25, -0.2) is 13.1 Å². The summed E-state index contributed by atoms with van der Waals surface area (Å²) in [6, 6.07) is 6.80. The third kappa shape index (κ3) is 4.63. The monoisotopic (exact) mass is 411 g/mol. The quantitative estimate of drug-likeness (QED) is 0.818. The summed E-state index contributed by atoms with van der Waals surface area (Å²) in [6.07, 6.45) is 6.25. The van der Waals surface area contributed by atoms with Crippen molar-refractivity contribution in [2.75, 3.05) is 26.5 Å². The highest BCUT2D eigenvalue weighted by atomic mass is 35.5. The SMILES string of the molecule is COc1cc(-n2cccc2)c(Cl)cc1C(=O)N1CCCC(NS(C)(=O)=O)C1. The van der Waals surface area contributed by atoms with Crippen molar-refractivity contribution in [3.8, 4) is 11.4 Å². The van der Waals surface area contributed by atoms with Crippen molar-refractivity contribution in [1.82, 2.24) is 14.2 Å². The van der Waals surface area contributed by atoms with Crippen molar-refractivity contribution < 1.29 is 17.9 Å². The lowest BCUT2D eigenvalue weighted by Crippen LogP contribution is -2.49. The molecule has 0 spiro atoms. The van der Waals surface area contributed by atoms with E-state index in [-0.39, 0.29) is 11.9 Å². The Balaban J connectivity index is 1.87. The molecule has 1 saturated heterocycles. The maximum Gasteiger partial charge on any atom is 0.257 e. The molecule has 1 fully saturated rings. The second-order valence-electron chi connectivity index (χ2n) is 6.57. The van der Waals surface area contributed by atoms with Gasteiger partial charge < -0.3 is 14.2 Å². The summed E-state index contributed by atoms with van der Waals surface area (Å²) in [4.78, 5) is 14.7. The van der Waals surface area contributed by atoms with Gasteiger partial charge in [0.15, 0.2) is 0 Å². The number of nitrogens with one attached hydrogen (secondary N) is 1. The predicted octanol–water partition coefficient (Wildman–Crippen LogP) is 2.29. The van der Waals surface area contributed by atoms with Gasteiger partial charge in [-0.2, -0.15) is 0 Å². The van der Waals surface area contributed by atoms with Gasteiger partial charge in [0.05, 0.1) is 29.6 Å². The molecule has 1 aliphatic rings. The Morgan fingerprint density at radius 3 is 2.63 bits per heavy atom. The zero-order valence-electron chi connectivity index (χ0n) is 15.2. The Morgan fingerprint density at radius 1 is 1.30 bits per heavy atom. The molecule has 1 N–H and O–H groups in total. The van der Waals surface area contributed by atoms with Crippen LogP contribution < -0.4 is 9.46 Å². The van der Waals surface area contributed by atoms with Crippen molar-refractivity contribution in [2.24, 2.45) is 0 Å². The average Bonchev–Trinajstić information content (AvgIpc) is 3.14. The first-order valence-electron chi connectivity index (χ1n) is 8.56. The summed E-state index contributed by atoms with van der Waals surface area (Å²) in [5.74, 6) is 0.194. The molecular weight excluding hydrogens is 390 g/mol. The van der Waals surface area contributed by atoms with Crippen molar-refractivity contribution in [3.63, 3.8) is 0 Å². The molecule has 9 heteroatoms. The number of ether oxygens (including phenoxy) is 1. The maximum atomic E-state index is 13.0. The van der Waals surface area contributed by atoms with Crippen LogP contribution in [0.1, 0.15) is 23.2 Å². The molecule has 2 aromatic rings. The largest absolute Gasteiger partial charge is 0.496 e. The number of piperidine rings is 1. The number of methoxy groups -OCH3 is 1. The average molecular weight is 412 g/mol. The minimum atomic E-state index is -3.32. The van der Waals surface area contributed by atoms with Gasteiger partial charge in [-0.05, 0) is 31.0 Å². The van der Waals surface area contributed by atoms with E-state index < -0.39 is 10.0 Å². The standard InChI is InChI=1S/C18H22ClN3O4S/c1-26-17-11-16(21-7-3-4-8-21)15(19)10-14(17)18(23)22-9-5-6-13(12-22)20-27(2,24)25/h3-4,7-8,10-11,13,20H,5-6,9,12H2,1-2H3. The second-order valence-corrected chi connectivity index (χ2v) is 8.76. The van der Waals surface area contributed by atoms with Gasteiger partial charge in [0.2, 0.25) is 10.0 Å². The number of carbonyl (C=O) groups is 1. The van der Waals surface area contributed by atoms with Gasteiger partial charge in [-0.15, -0.1) is 0 Å². The Hall–Kier alpha value is -2.03. The van der Waals surface area contributed by atoms with Crippen LogP contribution in [0.15, 0.2) is 36.7 Å². The van der Waals surface area contributed by atoms with Gasteiger partial charge in [0, 0.05) is 37.6 Å². The first kappa shape index (κ1) is 19.7. The molecule has 27 heavy (non-hydrogen) atoms. The van der Waals surface area contributed by atoms with E-state index in [9.17, 15) is 13.2 Å². The maximum absolute atomic E-state index is 13.0. The third-order valence-corrected chi connectivity index (χ3v) is 5.54. The number of nitrogens with zero attached hydrogens (tertiary/aromatic N) is 2. The zero-order chi connectivity index (χ0) is 19.6. The number of hydrogen-bond acceptors (Lipinski definition) is 4. The van der Waals surface area contributed by atoms with Crippen LogP contribution in [0, 0.1) is 0 Å². The zero-order valence-corrected chi connectivity index (χ0v) is 16.8. The molecular formula is C18H22ClN3O4S. The Labute approximate surface area is 163 Å². The molecule has 1 atom stereocenters. The number of likely N-dealkylation sites (tertiary alicyclic amines) is 1. The van der Waals surface area contributed by atoms with E-state index >= 15 is 0 Å². The summed E-state index contributed by atoms with van der Waals surface area (Å²) in [7, 11) is -1.82. The summed E-state index contributed by atoms with van der Waals surface area (Å²) in [6.45, 7) is 0.868. The highest BCUT2D eigenvalue weighted by Gasteiger charge is 2.28. The van der Waals surface area contributed by atoms with Gasteiger partial charge in [-0.3, -0.25) is 4.79 Å². The third-order valence-electron chi connectivity index (χ3n) is 4.47. The number of rotatable bonds is 5. The van der Waals surface area contributed by atoms with Crippen LogP contribution in [0.4, 0.5) is 0 Å². The van der Waals surface area contributed by atoms with E-state index in [1.807, 2.05) is 29.1 Å². The number of halogens is 1. The van der Waals surface area contributed by atoms with Gasteiger partial charge in [-0.1, -0.05) is 11.6 Å². The molecule has 1 aromatic carbocycles. The lowest BCUT2D eigenvalue weighted by Gasteiger charge is -2.33. The highest BCUT2D eigenvalue weighted by molar-refractivity contribution is 7.88. The first-order chi connectivity index (χ1) is 12.8. The topological polar surface area (TPSA) is 80.6 Å². The fourth-order valence-corrected chi connectivity index (χ4v) is 4.36. The lowest BCUT2D eigenvalue weighted by molar-refractivity contribution is 0.0699. The Bertz CT molecular complexity index is 928. The molecule has 0 bridgehead atoms. The molecule has 2 heterocycles. The number of hydrogen-bond donors (Lipinski definition) is 1. The van der Waals surface area contributed by atoms with Crippen molar-refractivity contribution >= 4 is 27.5 Å². The van der Waals surface area contributed by atoms with Gasteiger partial charge in [0.1, 0.15) is 5.75 Å². The van der Waals surface area contributed by atoms with E-state index in [2.05, 4.69) is 4.72 Å². The van der Waals surface area contributed by atoms with Gasteiger partial charge in [0.25, 0.3) is 5.91 Å². The molecule has 0 aliphatic carbocycles. The summed E-state index contributed by atoms with van der Waals surface area (Å²) < 4.78 is 32.8. The highest BCUT2D eigenvalue weighted by Crippen LogP contribution is 2.31. The fourth-order valence-electron chi connectivity index (χ4n) is 3.30. The number of aromatic nitrogens is 1. The Kier molecular flexibility index (Phi) is 5.78. The normalized spacial score (nSPS) is 17.7. The number of benzene rings is 1. The summed E-state index contributed by atoms with van der Waals surface area (Å²) in [5, 5.41) is 0.429. The molecule has 1 amide bonds. The van der Waals surface area contributed by atoms with E-state index in [0.717, 1.165) is 12.7 Å². The molecule has 7 nitrogen and oxygen atoms in total. The van der Waals surface area contributed by atoms with Crippen LogP contribution in [0.3, 0.4) is 0 Å². The Morgan fingerprint density at radius 2 is 2.00 bits per heavy atom. The molecule has 0 saturated carbocycles. The predicted molar refractivity (Wildman–Crippen MR) is 104 cm³/mol. The van der Waals surface area contributed by atoms with Crippen LogP contribution in [0.5, 0.6) is 5.75 Å². The van der Waals surface area contributed by atoms with E-state index in [1.165, 1.54) is 7.11 Å². The van der Waals surface area contributed by atoms with Crippen LogP contribution in [0.2, 0.25) is 5.02 Å². The van der Waals surface area contributed by atoms with Gasteiger partial charge >= 0.3 is 0 Å². The van der Waals surface area contributed by atoms with E-state index in [0.29, 0.717) is 41.5 Å². The van der Waals surface area contributed by atoms with Crippen LogP contribution in [-0.4, -0.2) is 56.3 Å². The first-order valence-corrected chi connectivity index (χ1v) is 10.8. The molecule has 3 rings (SSSR count). The minimum Gasteiger partial charge on any atom is -0.496 e. The molecule has 1 aromatic heterocycles. The minimum absolute atomic E-state index is 0.229. The van der Waals surface area contributed by atoms with Crippen molar-refractivity contribution in [1.29, 1.82) is 0 Å². The molecule has 1 unspecified atom stereocenters. The lowest BCUT2D eigenvalue weighted by atomic mass is 10.0. The number of amides is 1. The molecule has 146 valence electrons. The van der Waals surface area contributed by atoms with Crippen molar-refractivity contribution in [2.45, 2.75) is 18.9 Å².